The van der Waals surface area contributed by atoms with Crippen molar-refractivity contribution in [3.05, 3.63) is 56.5 Å². The van der Waals surface area contributed by atoms with Gasteiger partial charge in [-0.15, -0.1) is 0 Å². The number of benzene rings is 1. The maximum atomic E-state index is 13.3. The van der Waals surface area contributed by atoms with Gasteiger partial charge >= 0.3 is 5.69 Å². The molecule has 3 aromatic rings. The molecule has 1 saturated carbocycles. The summed E-state index contributed by atoms with van der Waals surface area (Å²) in [6.45, 7) is 0.941. The van der Waals surface area contributed by atoms with Crippen LogP contribution in [-0.4, -0.2) is 36.9 Å². The van der Waals surface area contributed by atoms with E-state index in [0.717, 1.165) is 23.0 Å². The normalized spacial score (nSPS) is 14.3. The summed E-state index contributed by atoms with van der Waals surface area (Å²) in [6, 6.07) is 5.98. The average molecular weight is 460 g/mol. The van der Waals surface area contributed by atoms with Gasteiger partial charge in [0, 0.05) is 20.6 Å². The second-order valence-corrected chi connectivity index (χ2v) is 9.17. The van der Waals surface area contributed by atoms with E-state index in [4.69, 9.17) is 0 Å². The molecule has 2 heterocycles. The highest BCUT2D eigenvalue weighted by molar-refractivity contribution is 7.99. The maximum Gasteiger partial charge on any atom is 0.332 e. The van der Waals surface area contributed by atoms with E-state index in [9.17, 15) is 18.8 Å². The number of carbonyl (C=O) groups is 1. The minimum absolute atomic E-state index is 0.0934. The van der Waals surface area contributed by atoms with Crippen molar-refractivity contribution in [2.75, 3.05) is 12.3 Å². The molecule has 170 valence electrons. The molecule has 0 atom stereocenters. The van der Waals surface area contributed by atoms with Crippen molar-refractivity contribution >= 4 is 28.8 Å². The van der Waals surface area contributed by atoms with Crippen LogP contribution in [0.3, 0.4) is 0 Å². The number of imidazole rings is 1. The summed E-state index contributed by atoms with van der Waals surface area (Å²) in [4.78, 5) is 42.2. The van der Waals surface area contributed by atoms with Gasteiger partial charge in [-0.1, -0.05) is 36.7 Å². The van der Waals surface area contributed by atoms with Crippen LogP contribution in [-0.2, 0) is 25.4 Å². The number of nitrogens with one attached hydrogen (secondary N) is 1. The Morgan fingerprint density at radius 3 is 2.53 bits per heavy atom. The number of hydrogen-bond acceptors (Lipinski definition) is 5. The molecular formula is C22H26FN5O3S. The molecule has 0 saturated heterocycles. The lowest BCUT2D eigenvalue weighted by atomic mass is 10.1. The van der Waals surface area contributed by atoms with Gasteiger partial charge in [-0.2, -0.15) is 0 Å². The Balaban J connectivity index is 1.64. The third kappa shape index (κ3) is 4.50. The zero-order valence-corrected chi connectivity index (χ0v) is 19.0. The van der Waals surface area contributed by atoms with Gasteiger partial charge in [0.25, 0.3) is 5.56 Å². The van der Waals surface area contributed by atoms with Crippen LogP contribution in [0, 0.1) is 11.7 Å². The van der Waals surface area contributed by atoms with Crippen LogP contribution in [0.4, 0.5) is 4.39 Å². The van der Waals surface area contributed by atoms with Crippen molar-refractivity contribution in [3.63, 3.8) is 0 Å². The molecule has 1 amide bonds. The Kier molecular flexibility index (Phi) is 6.50. The molecule has 0 spiro atoms. The second-order valence-electron chi connectivity index (χ2n) is 8.23. The zero-order chi connectivity index (χ0) is 22.8. The first kappa shape index (κ1) is 22.3. The number of carbonyl (C=O) groups excluding carboxylic acids is 1. The van der Waals surface area contributed by atoms with Crippen LogP contribution in [0.2, 0.25) is 0 Å². The smallest absolute Gasteiger partial charge is 0.332 e. The Bertz CT molecular complexity index is 1260. The number of aryl methyl sites for hydroxylation is 1. The third-order valence-corrected chi connectivity index (χ3v) is 6.94. The summed E-state index contributed by atoms with van der Waals surface area (Å²) in [6.07, 6.45) is 4.74. The van der Waals surface area contributed by atoms with Crippen LogP contribution in [0.5, 0.6) is 0 Å². The predicted octanol–water partition coefficient (Wildman–Crippen LogP) is 2.02. The first-order chi connectivity index (χ1) is 15.3. The fourth-order valence-electron chi connectivity index (χ4n) is 4.11. The quantitative estimate of drug-likeness (QED) is 0.546. The molecule has 0 unspecified atom stereocenters. The standard InChI is InChI=1S/C22H26FN5O3S/c1-26-19-18(20(30)27(2)22(26)31)28(12-15-7-9-16(23)10-8-15)21(25-19)32-13-17(29)24-11-14-5-3-4-6-14/h7-10,14H,3-6,11-13H2,1-2H3,(H,24,29). The van der Waals surface area contributed by atoms with E-state index >= 15 is 0 Å². The first-order valence-corrected chi connectivity index (χ1v) is 11.6. The fraction of sp³-hybridized carbons (Fsp3) is 0.455. The molecule has 1 fully saturated rings. The van der Waals surface area contributed by atoms with E-state index in [-0.39, 0.29) is 35.2 Å². The molecule has 32 heavy (non-hydrogen) atoms. The summed E-state index contributed by atoms with van der Waals surface area (Å²) in [5.41, 5.74) is 0.367. The van der Waals surface area contributed by atoms with E-state index in [1.54, 1.807) is 23.7 Å². The summed E-state index contributed by atoms with van der Waals surface area (Å²) in [5.74, 6) is 0.248. The van der Waals surface area contributed by atoms with Crippen molar-refractivity contribution in [2.45, 2.75) is 37.4 Å². The van der Waals surface area contributed by atoms with Crippen molar-refractivity contribution in [1.82, 2.24) is 24.0 Å². The van der Waals surface area contributed by atoms with E-state index < -0.39 is 11.2 Å². The van der Waals surface area contributed by atoms with Crippen molar-refractivity contribution in [3.8, 4) is 0 Å². The molecule has 1 aromatic carbocycles. The van der Waals surface area contributed by atoms with Crippen LogP contribution in [0.15, 0.2) is 39.0 Å². The lowest BCUT2D eigenvalue weighted by Crippen LogP contribution is -2.37. The van der Waals surface area contributed by atoms with Crippen molar-refractivity contribution in [1.29, 1.82) is 0 Å². The monoisotopic (exact) mass is 459 g/mol. The number of hydrogen-bond donors (Lipinski definition) is 1. The molecule has 10 heteroatoms. The molecule has 8 nitrogen and oxygen atoms in total. The summed E-state index contributed by atoms with van der Waals surface area (Å²) < 4.78 is 17.4. The highest BCUT2D eigenvalue weighted by Gasteiger charge is 2.21. The largest absolute Gasteiger partial charge is 0.355 e. The predicted molar refractivity (Wildman–Crippen MR) is 121 cm³/mol. The number of aromatic nitrogens is 4. The topological polar surface area (TPSA) is 90.9 Å². The third-order valence-electron chi connectivity index (χ3n) is 5.96. The minimum Gasteiger partial charge on any atom is -0.355 e. The molecule has 1 N–H and O–H groups in total. The number of nitrogens with zero attached hydrogens (tertiary/aromatic N) is 4. The summed E-state index contributed by atoms with van der Waals surface area (Å²) in [5, 5.41) is 3.44. The van der Waals surface area contributed by atoms with Crippen LogP contribution in [0.1, 0.15) is 31.2 Å². The number of rotatable bonds is 7. The van der Waals surface area contributed by atoms with Gasteiger partial charge in [-0.3, -0.25) is 18.7 Å². The number of fused-ring (bicyclic) bond motifs is 1. The summed E-state index contributed by atoms with van der Waals surface area (Å²) in [7, 11) is 2.98. The van der Waals surface area contributed by atoms with E-state index in [1.807, 2.05) is 0 Å². The second kappa shape index (κ2) is 9.32. The Morgan fingerprint density at radius 1 is 1.16 bits per heavy atom. The van der Waals surface area contributed by atoms with Crippen LogP contribution < -0.4 is 16.6 Å². The molecule has 0 aliphatic heterocycles. The van der Waals surface area contributed by atoms with Gasteiger partial charge < -0.3 is 9.88 Å². The molecule has 1 aliphatic carbocycles. The molecule has 0 bridgehead atoms. The van der Waals surface area contributed by atoms with Gasteiger partial charge in [0.05, 0.1) is 12.3 Å². The van der Waals surface area contributed by atoms with E-state index in [1.165, 1.54) is 48.4 Å². The lowest BCUT2D eigenvalue weighted by Gasteiger charge is -2.11. The van der Waals surface area contributed by atoms with Gasteiger partial charge in [-0.25, -0.2) is 14.2 Å². The van der Waals surface area contributed by atoms with E-state index in [0.29, 0.717) is 17.6 Å². The molecule has 0 radical (unpaired) electrons. The number of halogens is 1. The van der Waals surface area contributed by atoms with Crippen LogP contribution >= 0.6 is 11.8 Å². The Hall–Kier alpha value is -2.88. The first-order valence-electron chi connectivity index (χ1n) is 10.7. The number of amides is 1. The maximum absolute atomic E-state index is 13.3. The van der Waals surface area contributed by atoms with E-state index in [2.05, 4.69) is 10.3 Å². The van der Waals surface area contributed by atoms with Crippen molar-refractivity contribution < 1.29 is 9.18 Å². The minimum atomic E-state index is -0.472. The highest BCUT2D eigenvalue weighted by Crippen LogP contribution is 2.25. The Morgan fingerprint density at radius 2 is 1.84 bits per heavy atom. The lowest BCUT2D eigenvalue weighted by molar-refractivity contribution is -0.118. The zero-order valence-electron chi connectivity index (χ0n) is 18.1. The van der Waals surface area contributed by atoms with Gasteiger partial charge in [0.15, 0.2) is 16.3 Å². The van der Waals surface area contributed by atoms with Crippen LogP contribution in [0.25, 0.3) is 11.2 Å². The van der Waals surface area contributed by atoms with Gasteiger partial charge in [0.1, 0.15) is 5.82 Å². The van der Waals surface area contributed by atoms with Gasteiger partial charge in [0.2, 0.25) is 5.91 Å². The molecule has 1 aliphatic rings. The van der Waals surface area contributed by atoms with Gasteiger partial charge in [-0.05, 0) is 36.5 Å². The molecule has 2 aromatic heterocycles. The SMILES string of the molecule is Cn1c(=O)c2c(nc(SCC(=O)NCC3CCCC3)n2Cc2ccc(F)cc2)n(C)c1=O. The average Bonchev–Trinajstić information content (AvgIpc) is 3.43. The number of thioether (sulfide) groups is 1. The highest BCUT2D eigenvalue weighted by atomic mass is 32.2. The van der Waals surface area contributed by atoms with Crippen molar-refractivity contribution in [2.24, 2.45) is 20.0 Å². The Labute approximate surface area is 188 Å². The molecule has 4 rings (SSSR count). The molecular weight excluding hydrogens is 433 g/mol. The summed E-state index contributed by atoms with van der Waals surface area (Å²) >= 11 is 1.22. The fourth-order valence-corrected chi connectivity index (χ4v) is 4.93.